The van der Waals surface area contributed by atoms with Gasteiger partial charge in [0, 0.05) is 12.3 Å². The molecule has 1 saturated carbocycles. The minimum absolute atomic E-state index is 0. The molecule has 0 spiro atoms. The second kappa shape index (κ2) is 4.61. The Labute approximate surface area is 74.7 Å². The van der Waals surface area contributed by atoms with Crippen molar-refractivity contribution >= 4 is 5.78 Å². The van der Waals surface area contributed by atoms with Crippen LogP contribution in [0.3, 0.4) is 0 Å². The molecule has 0 saturated heterocycles. The summed E-state index contributed by atoms with van der Waals surface area (Å²) in [7, 11) is 0. The van der Waals surface area contributed by atoms with Crippen LogP contribution in [0, 0.1) is 17.8 Å². The summed E-state index contributed by atoms with van der Waals surface area (Å²) in [6, 6.07) is 0. The van der Waals surface area contributed by atoms with Gasteiger partial charge in [-0.3, -0.25) is 4.79 Å². The number of carbonyl (C=O) groups is 1. The molecular weight excluding hydrogens is 152 g/mol. The summed E-state index contributed by atoms with van der Waals surface area (Å²) in [6.45, 7) is 6.48. The van der Waals surface area contributed by atoms with Crippen LogP contribution < -0.4 is 0 Å². The molecule has 1 rings (SSSR count). The number of Topliss-reactive ketones (excluding diaryl/α,β-unsaturated/α-hetero) is 1. The molecule has 0 bridgehead atoms. The lowest BCUT2D eigenvalue weighted by Crippen LogP contribution is -2.27. The average Bonchev–Trinajstić information content (AvgIpc) is 1.85. The van der Waals surface area contributed by atoms with Gasteiger partial charge in [0.25, 0.3) is 0 Å². The Morgan fingerprint density at radius 1 is 1.33 bits per heavy atom. The molecule has 0 aliphatic heterocycles. The maximum atomic E-state index is 11.4. The van der Waals surface area contributed by atoms with Gasteiger partial charge >= 0.3 is 0 Å². The van der Waals surface area contributed by atoms with Crippen molar-refractivity contribution in [3.8, 4) is 0 Å². The maximum absolute atomic E-state index is 11.4. The highest BCUT2D eigenvalue weighted by Crippen LogP contribution is 2.29. The first-order valence-corrected chi connectivity index (χ1v) is 4.64. The van der Waals surface area contributed by atoms with Crippen LogP contribution in [-0.4, -0.2) is 11.3 Å². The maximum Gasteiger partial charge on any atom is 0.136 e. The van der Waals surface area contributed by atoms with E-state index in [1.807, 2.05) is 0 Å². The van der Waals surface area contributed by atoms with Crippen LogP contribution in [0.5, 0.6) is 0 Å². The number of ketones is 1. The summed E-state index contributed by atoms with van der Waals surface area (Å²) >= 11 is 0. The Balaban J connectivity index is 0.00000121. The molecule has 12 heavy (non-hydrogen) atoms. The molecule has 1 aliphatic rings. The smallest absolute Gasteiger partial charge is 0.136 e. The van der Waals surface area contributed by atoms with E-state index in [9.17, 15) is 4.79 Å². The van der Waals surface area contributed by atoms with E-state index in [4.69, 9.17) is 0 Å². The summed E-state index contributed by atoms with van der Waals surface area (Å²) in [5.41, 5.74) is 0. The Kier molecular flexibility index (Phi) is 4.46. The van der Waals surface area contributed by atoms with Crippen molar-refractivity contribution in [1.29, 1.82) is 0 Å². The lowest BCUT2D eigenvalue weighted by molar-refractivity contribution is -0.127. The van der Waals surface area contributed by atoms with E-state index in [-0.39, 0.29) is 5.48 Å². The van der Waals surface area contributed by atoms with Crippen molar-refractivity contribution in [2.75, 3.05) is 0 Å². The van der Waals surface area contributed by atoms with Crippen LogP contribution >= 0.6 is 0 Å². The van der Waals surface area contributed by atoms with E-state index in [0.717, 1.165) is 12.8 Å². The number of rotatable bonds is 1. The van der Waals surface area contributed by atoms with Crippen molar-refractivity contribution in [3.63, 3.8) is 0 Å². The van der Waals surface area contributed by atoms with Gasteiger partial charge in [-0.15, -0.1) is 0 Å². The highest BCUT2D eigenvalue weighted by Gasteiger charge is 2.27. The van der Waals surface area contributed by atoms with Crippen molar-refractivity contribution in [2.24, 2.45) is 17.8 Å². The van der Waals surface area contributed by atoms with Crippen LogP contribution in [0.15, 0.2) is 0 Å². The van der Waals surface area contributed by atoms with E-state index in [0.29, 0.717) is 23.5 Å². The van der Waals surface area contributed by atoms with E-state index in [1.165, 1.54) is 6.42 Å². The number of carbonyl (C=O) groups excluding carboxylic acids is 1. The van der Waals surface area contributed by atoms with Gasteiger partial charge in [-0.1, -0.05) is 20.8 Å². The van der Waals surface area contributed by atoms with Crippen molar-refractivity contribution < 1.29 is 10.3 Å². The molecule has 2 heteroatoms. The zero-order valence-corrected chi connectivity index (χ0v) is 8.26. The second-order valence-corrected chi connectivity index (χ2v) is 4.20. The standard InChI is InChI=1S/C10H18O.H2O/c1-7(2)9-5-4-8(3)6-10(9)11;/h7-9H,4-6H2,1-3H3;1H2. The fraction of sp³-hybridized carbons (Fsp3) is 0.900. The molecule has 0 aromatic heterocycles. The molecule has 2 unspecified atom stereocenters. The fourth-order valence-corrected chi connectivity index (χ4v) is 1.93. The molecule has 72 valence electrons. The van der Waals surface area contributed by atoms with Crippen molar-refractivity contribution in [1.82, 2.24) is 0 Å². The van der Waals surface area contributed by atoms with Crippen LogP contribution in [0.25, 0.3) is 0 Å². The summed E-state index contributed by atoms with van der Waals surface area (Å²) in [5, 5.41) is 0. The van der Waals surface area contributed by atoms with Gasteiger partial charge in [-0.25, -0.2) is 0 Å². The topological polar surface area (TPSA) is 48.6 Å². The molecule has 0 aromatic carbocycles. The molecule has 1 fully saturated rings. The first-order chi connectivity index (χ1) is 5.11. The van der Waals surface area contributed by atoms with Crippen LogP contribution in [0.2, 0.25) is 0 Å². The van der Waals surface area contributed by atoms with E-state index in [1.54, 1.807) is 0 Å². The van der Waals surface area contributed by atoms with E-state index < -0.39 is 0 Å². The fourth-order valence-electron chi connectivity index (χ4n) is 1.93. The summed E-state index contributed by atoms with van der Waals surface area (Å²) in [6.07, 6.45) is 3.19. The SMILES string of the molecule is CC1CCC(C(C)C)C(=O)C1.O. The second-order valence-electron chi connectivity index (χ2n) is 4.20. The first-order valence-electron chi connectivity index (χ1n) is 4.64. The van der Waals surface area contributed by atoms with Gasteiger partial charge < -0.3 is 5.48 Å². The Bertz CT molecular complexity index is 152. The predicted molar refractivity (Wildman–Crippen MR) is 50.0 cm³/mol. The van der Waals surface area contributed by atoms with Gasteiger partial charge in [0.05, 0.1) is 0 Å². The van der Waals surface area contributed by atoms with Gasteiger partial charge in [0.1, 0.15) is 5.78 Å². The molecule has 2 N–H and O–H groups in total. The summed E-state index contributed by atoms with van der Waals surface area (Å²) in [5.74, 6) is 2.05. The zero-order valence-electron chi connectivity index (χ0n) is 8.26. The quantitative estimate of drug-likeness (QED) is 0.595. The van der Waals surface area contributed by atoms with Gasteiger partial charge in [0.2, 0.25) is 0 Å². The lowest BCUT2D eigenvalue weighted by Gasteiger charge is -2.27. The number of hydrogen-bond donors (Lipinski definition) is 0. The molecule has 2 nitrogen and oxygen atoms in total. The Morgan fingerprint density at radius 3 is 2.33 bits per heavy atom. The third-order valence-electron chi connectivity index (χ3n) is 2.74. The normalized spacial score (nSPS) is 30.2. The first kappa shape index (κ1) is 11.6. The van der Waals surface area contributed by atoms with Crippen LogP contribution in [-0.2, 0) is 4.79 Å². The molecule has 0 aromatic rings. The monoisotopic (exact) mass is 172 g/mol. The molecular formula is C10H20O2. The molecule has 2 atom stereocenters. The van der Waals surface area contributed by atoms with Crippen LogP contribution in [0.4, 0.5) is 0 Å². The van der Waals surface area contributed by atoms with E-state index in [2.05, 4.69) is 20.8 Å². The minimum Gasteiger partial charge on any atom is -0.412 e. The van der Waals surface area contributed by atoms with Crippen LogP contribution in [0.1, 0.15) is 40.0 Å². The third kappa shape index (κ3) is 2.59. The highest BCUT2D eigenvalue weighted by molar-refractivity contribution is 5.82. The lowest BCUT2D eigenvalue weighted by atomic mass is 9.77. The largest absolute Gasteiger partial charge is 0.412 e. The zero-order chi connectivity index (χ0) is 8.43. The van der Waals surface area contributed by atoms with Gasteiger partial charge in [-0.05, 0) is 24.7 Å². The predicted octanol–water partition coefficient (Wildman–Crippen LogP) is 1.82. The summed E-state index contributed by atoms with van der Waals surface area (Å²) < 4.78 is 0. The van der Waals surface area contributed by atoms with Crippen molar-refractivity contribution in [3.05, 3.63) is 0 Å². The highest BCUT2D eigenvalue weighted by atomic mass is 16.1. The molecule has 0 radical (unpaired) electrons. The Hall–Kier alpha value is -0.370. The molecule has 0 heterocycles. The van der Waals surface area contributed by atoms with Gasteiger partial charge in [-0.2, -0.15) is 0 Å². The average molecular weight is 172 g/mol. The molecule has 0 amide bonds. The minimum atomic E-state index is 0. The molecule has 1 aliphatic carbocycles. The van der Waals surface area contributed by atoms with Crippen molar-refractivity contribution in [2.45, 2.75) is 40.0 Å². The summed E-state index contributed by atoms with van der Waals surface area (Å²) in [4.78, 5) is 11.4. The third-order valence-corrected chi connectivity index (χ3v) is 2.74. The number of hydrogen-bond acceptors (Lipinski definition) is 1. The van der Waals surface area contributed by atoms with E-state index >= 15 is 0 Å². The van der Waals surface area contributed by atoms with Gasteiger partial charge in [0.15, 0.2) is 0 Å². The Morgan fingerprint density at radius 2 is 1.92 bits per heavy atom.